The van der Waals surface area contributed by atoms with E-state index in [1.165, 1.54) is 0 Å². The standard InChI is InChI=1S/C14H16ClN5O/c15-11-5-3-4-10(8-11)9-21-14-18-12(16)17-13(19-14)20-6-1-2-7-20/h3-5,8H,1-2,6-7,9H2,(H2,16,17,18,19). The second-order valence-corrected chi connectivity index (χ2v) is 5.33. The van der Waals surface area contributed by atoms with Crippen molar-refractivity contribution in [2.45, 2.75) is 19.4 Å². The van der Waals surface area contributed by atoms with Crippen molar-refractivity contribution in [1.29, 1.82) is 0 Å². The Bertz CT molecular complexity index is 631. The number of ether oxygens (including phenoxy) is 1. The maximum atomic E-state index is 5.94. The summed E-state index contributed by atoms with van der Waals surface area (Å²) in [5, 5.41) is 0.670. The summed E-state index contributed by atoms with van der Waals surface area (Å²) in [6.45, 7) is 2.22. The summed E-state index contributed by atoms with van der Waals surface area (Å²) in [6.07, 6.45) is 2.29. The van der Waals surface area contributed by atoms with Crippen LogP contribution in [0.1, 0.15) is 18.4 Å². The second-order valence-electron chi connectivity index (χ2n) is 4.89. The summed E-state index contributed by atoms with van der Waals surface area (Å²) in [6, 6.07) is 7.70. The number of benzene rings is 1. The highest BCUT2D eigenvalue weighted by molar-refractivity contribution is 6.30. The van der Waals surface area contributed by atoms with Crippen LogP contribution in [0, 0.1) is 0 Å². The third kappa shape index (κ3) is 3.52. The smallest absolute Gasteiger partial charge is 0.323 e. The van der Waals surface area contributed by atoms with Gasteiger partial charge < -0.3 is 15.4 Å². The Kier molecular flexibility index (Phi) is 4.06. The van der Waals surface area contributed by atoms with Crippen molar-refractivity contribution in [3.63, 3.8) is 0 Å². The van der Waals surface area contributed by atoms with Gasteiger partial charge in [-0.3, -0.25) is 0 Å². The average Bonchev–Trinajstić information content (AvgIpc) is 2.99. The van der Waals surface area contributed by atoms with E-state index in [4.69, 9.17) is 22.1 Å². The third-order valence-electron chi connectivity index (χ3n) is 3.27. The van der Waals surface area contributed by atoms with Gasteiger partial charge in [0.1, 0.15) is 6.61 Å². The first-order valence-corrected chi connectivity index (χ1v) is 7.22. The number of hydrogen-bond donors (Lipinski definition) is 1. The van der Waals surface area contributed by atoms with Crippen molar-refractivity contribution in [1.82, 2.24) is 15.0 Å². The van der Waals surface area contributed by atoms with E-state index < -0.39 is 0 Å². The number of nitrogens with zero attached hydrogens (tertiary/aromatic N) is 4. The van der Waals surface area contributed by atoms with E-state index in [2.05, 4.69) is 19.9 Å². The number of hydrogen-bond acceptors (Lipinski definition) is 6. The van der Waals surface area contributed by atoms with Crippen LogP contribution >= 0.6 is 11.6 Å². The molecule has 0 spiro atoms. The minimum absolute atomic E-state index is 0.174. The molecule has 0 radical (unpaired) electrons. The van der Waals surface area contributed by atoms with E-state index in [0.717, 1.165) is 31.5 Å². The number of nitrogen functional groups attached to an aromatic ring is 1. The molecule has 2 aromatic rings. The molecular weight excluding hydrogens is 290 g/mol. The van der Waals surface area contributed by atoms with Crippen LogP contribution in [0.25, 0.3) is 0 Å². The van der Waals surface area contributed by atoms with Gasteiger partial charge in [0.2, 0.25) is 11.9 Å². The van der Waals surface area contributed by atoms with Crippen LogP contribution in [0.2, 0.25) is 5.02 Å². The first kappa shape index (κ1) is 13.9. The number of aromatic nitrogens is 3. The molecule has 1 saturated heterocycles. The molecular formula is C14H16ClN5O. The van der Waals surface area contributed by atoms with Crippen molar-refractivity contribution in [3.05, 3.63) is 34.9 Å². The fraction of sp³-hybridized carbons (Fsp3) is 0.357. The topological polar surface area (TPSA) is 77.2 Å². The molecule has 0 unspecified atom stereocenters. The molecule has 1 aromatic carbocycles. The monoisotopic (exact) mass is 305 g/mol. The zero-order valence-corrected chi connectivity index (χ0v) is 12.3. The molecule has 1 aliphatic heterocycles. The first-order valence-electron chi connectivity index (χ1n) is 6.84. The zero-order chi connectivity index (χ0) is 14.7. The van der Waals surface area contributed by atoms with E-state index in [1.807, 2.05) is 24.3 Å². The van der Waals surface area contributed by atoms with Gasteiger partial charge in [-0.2, -0.15) is 15.0 Å². The van der Waals surface area contributed by atoms with Crippen LogP contribution in [0.5, 0.6) is 6.01 Å². The molecule has 110 valence electrons. The predicted octanol–water partition coefficient (Wildman–Crippen LogP) is 2.29. The minimum Gasteiger partial charge on any atom is -0.458 e. The molecule has 0 bridgehead atoms. The fourth-order valence-electron chi connectivity index (χ4n) is 2.26. The van der Waals surface area contributed by atoms with Crippen molar-refractivity contribution >= 4 is 23.5 Å². The number of rotatable bonds is 4. The Morgan fingerprint density at radius 2 is 2.00 bits per heavy atom. The Labute approximate surface area is 127 Å². The van der Waals surface area contributed by atoms with Crippen LogP contribution in [0.15, 0.2) is 24.3 Å². The molecule has 0 atom stereocenters. The molecule has 1 aliphatic rings. The summed E-state index contributed by atoms with van der Waals surface area (Å²) in [5.41, 5.74) is 6.68. The summed E-state index contributed by atoms with van der Waals surface area (Å²) in [4.78, 5) is 14.6. The summed E-state index contributed by atoms with van der Waals surface area (Å²) >= 11 is 5.94. The maximum absolute atomic E-state index is 5.94. The lowest BCUT2D eigenvalue weighted by molar-refractivity contribution is 0.280. The van der Waals surface area contributed by atoms with E-state index in [9.17, 15) is 0 Å². The molecule has 0 saturated carbocycles. The predicted molar refractivity (Wildman–Crippen MR) is 81.5 cm³/mol. The molecule has 21 heavy (non-hydrogen) atoms. The Morgan fingerprint density at radius 1 is 1.19 bits per heavy atom. The third-order valence-corrected chi connectivity index (χ3v) is 3.50. The van der Waals surface area contributed by atoms with Gasteiger partial charge in [-0.05, 0) is 30.5 Å². The molecule has 1 aromatic heterocycles. The van der Waals surface area contributed by atoms with E-state index in [0.29, 0.717) is 17.6 Å². The van der Waals surface area contributed by atoms with Crippen LogP contribution in [0.3, 0.4) is 0 Å². The van der Waals surface area contributed by atoms with E-state index in [-0.39, 0.29) is 12.0 Å². The Balaban J connectivity index is 1.72. The summed E-state index contributed by atoms with van der Waals surface area (Å²) in [5.74, 6) is 0.758. The SMILES string of the molecule is Nc1nc(OCc2cccc(Cl)c2)nc(N2CCCC2)n1. The molecule has 0 aliphatic carbocycles. The van der Waals surface area contributed by atoms with Gasteiger partial charge in [0.05, 0.1) is 0 Å². The van der Waals surface area contributed by atoms with Crippen molar-refractivity contribution in [3.8, 4) is 6.01 Å². The molecule has 7 heteroatoms. The van der Waals surface area contributed by atoms with E-state index in [1.54, 1.807) is 0 Å². The van der Waals surface area contributed by atoms with Crippen molar-refractivity contribution < 1.29 is 4.74 Å². The molecule has 0 amide bonds. The van der Waals surface area contributed by atoms with Gasteiger partial charge in [0.25, 0.3) is 0 Å². The van der Waals surface area contributed by atoms with Gasteiger partial charge >= 0.3 is 6.01 Å². The van der Waals surface area contributed by atoms with Gasteiger partial charge in [0, 0.05) is 18.1 Å². The highest BCUT2D eigenvalue weighted by atomic mass is 35.5. The van der Waals surface area contributed by atoms with Gasteiger partial charge in [0.15, 0.2) is 0 Å². The summed E-state index contributed by atoms with van der Waals surface area (Å²) in [7, 11) is 0. The molecule has 1 fully saturated rings. The Hall–Kier alpha value is -2.08. The lowest BCUT2D eigenvalue weighted by atomic mass is 10.2. The van der Waals surface area contributed by atoms with E-state index >= 15 is 0 Å². The zero-order valence-electron chi connectivity index (χ0n) is 11.5. The Morgan fingerprint density at radius 3 is 2.76 bits per heavy atom. The molecule has 2 N–H and O–H groups in total. The number of nitrogens with two attached hydrogens (primary N) is 1. The maximum Gasteiger partial charge on any atom is 0.323 e. The summed E-state index contributed by atoms with van der Waals surface area (Å²) < 4.78 is 5.60. The second kappa shape index (κ2) is 6.13. The van der Waals surface area contributed by atoms with Gasteiger partial charge in [-0.25, -0.2) is 0 Å². The quantitative estimate of drug-likeness (QED) is 0.934. The lowest BCUT2D eigenvalue weighted by Gasteiger charge is -2.15. The number of anilines is 2. The van der Waals surface area contributed by atoms with Crippen LogP contribution < -0.4 is 15.4 Å². The van der Waals surface area contributed by atoms with Gasteiger partial charge in [-0.15, -0.1) is 0 Å². The normalized spacial score (nSPS) is 14.4. The largest absolute Gasteiger partial charge is 0.458 e. The van der Waals surface area contributed by atoms with Crippen LogP contribution in [0.4, 0.5) is 11.9 Å². The first-order chi connectivity index (χ1) is 10.2. The average molecular weight is 306 g/mol. The minimum atomic E-state index is 0.174. The van der Waals surface area contributed by atoms with Crippen molar-refractivity contribution in [2.75, 3.05) is 23.7 Å². The number of halogens is 1. The lowest BCUT2D eigenvalue weighted by Crippen LogP contribution is -2.21. The van der Waals surface area contributed by atoms with Crippen LogP contribution in [-0.4, -0.2) is 28.0 Å². The molecule has 3 rings (SSSR count). The fourth-order valence-corrected chi connectivity index (χ4v) is 2.47. The van der Waals surface area contributed by atoms with Gasteiger partial charge in [-0.1, -0.05) is 23.7 Å². The molecule has 2 heterocycles. The highest BCUT2D eigenvalue weighted by Crippen LogP contribution is 2.19. The van der Waals surface area contributed by atoms with Crippen LogP contribution in [-0.2, 0) is 6.61 Å². The molecule has 6 nitrogen and oxygen atoms in total. The van der Waals surface area contributed by atoms with Crippen molar-refractivity contribution in [2.24, 2.45) is 0 Å². The highest BCUT2D eigenvalue weighted by Gasteiger charge is 2.17.